The van der Waals surface area contributed by atoms with E-state index >= 15 is 0 Å². The molecule has 148 valence electrons. The number of hydrogen-bond acceptors (Lipinski definition) is 3. The number of morpholine rings is 1. The van der Waals surface area contributed by atoms with Crippen molar-refractivity contribution in [2.75, 3.05) is 33.3 Å². The fourth-order valence-electron chi connectivity index (χ4n) is 2.40. The molecular weight excluding hydrogens is 300 g/mol. The number of nitrogens with zero attached hydrogens (tertiary/aromatic N) is 1. The predicted molar refractivity (Wildman–Crippen MR) is 108 cm³/mol. The molecule has 1 rings (SSSR count). The molecule has 0 atom stereocenters. The smallest absolute Gasteiger partial charge is 0.219 e. The average Bonchev–Trinajstić information content (AvgIpc) is 2.62. The van der Waals surface area contributed by atoms with Crippen LogP contribution in [0.5, 0.6) is 0 Å². The summed E-state index contributed by atoms with van der Waals surface area (Å²) in [4.78, 5) is 13.5. The topological polar surface area (TPSA) is 41.6 Å². The maximum atomic E-state index is 11.0. The molecule has 0 aromatic carbocycles. The van der Waals surface area contributed by atoms with Gasteiger partial charge in [-0.15, -0.1) is 0 Å². The Balaban J connectivity index is -0.000000659. The van der Waals surface area contributed by atoms with Crippen LogP contribution in [0.3, 0.4) is 0 Å². The fraction of sp³-hybridized carbons (Fsp3) is 0.950. The first-order chi connectivity index (χ1) is 11.5. The normalized spacial score (nSPS) is 15.5. The van der Waals surface area contributed by atoms with Gasteiger partial charge >= 0.3 is 0 Å². The molecule has 4 heteroatoms. The van der Waals surface area contributed by atoms with Gasteiger partial charge in [0.25, 0.3) is 0 Å². The summed E-state index contributed by atoms with van der Waals surface area (Å²) in [6.07, 6.45) is 5.27. The monoisotopic (exact) mass is 346 g/mol. The van der Waals surface area contributed by atoms with Gasteiger partial charge < -0.3 is 10.1 Å². The van der Waals surface area contributed by atoms with E-state index in [1.165, 1.54) is 12.8 Å². The largest absolute Gasteiger partial charge is 0.373 e. The second-order valence-electron chi connectivity index (χ2n) is 5.72. The lowest BCUT2D eigenvalue weighted by Gasteiger charge is -2.38. The van der Waals surface area contributed by atoms with Crippen molar-refractivity contribution in [3.63, 3.8) is 0 Å². The second-order valence-corrected chi connectivity index (χ2v) is 5.72. The summed E-state index contributed by atoms with van der Waals surface area (Å²) >= 11 is 0. The van der Waals surface area contributed by atoms with E-state index in [9.17, 15) is 4.79 Å². The lowest BCUT2D eigenvalue weighted by molar-refractivity contribution is -0.120. The third-order valence-electron chi connectivity index (χ3n) is 3.41. The highest BCUT2D eigenvalue weighted by molar-refractivity contribution is 5.75. The van der Waals surface area contributed by atoms with E-state index in [0.29, 0.717) is 6.42 Å². The molecule has 1 N–H and O–H groups in total. The molecule has 1 aliphatic heterocycles. The number of rotatable bonds is 7. The number of ether oxygens (including phenoxy) is 1. The summed E-state index contributed by atoms with van der Waals surface area (Å²) in [7, 11) is 1.70. The number of amides is 1. The molecule has 0 saturated carbocycles. The molecule has 1 saturated heterocycles. The van der Waals surface area contributed by atoms with Crippen LogP contribution in [0.15, 0.2) is 0 Å². The van der Waals surface area contributed by atoms with Gasteiger partial charge in [0.05, 0.1) is 12.2 Å². The molecule has 0 aliphatic carbocycles. The summed E-state index contributed by atoms with van der Waals surface area (Å²) < 4.78 is 5.69. The van der Waals surface area contributed by atoms with Gasteiger partial charge in [0.1, 0.15) is 0 Å². The van der Waals surface area contributed by atoms with Crippen molar-refractivity contribution < 1.29 is 9.53 Å². The van der Waals surface area contributed by atoms with Gasteiger partial charge in [-0.2, -0.15) is 0 Å². The minimum Gasteiger partial charge on any atom is -0.373 e. The molecule has 1 fully saturated rings. The van der Waals surface area contributed by atoms with Crippen molar-refractivity contribution in [3.05, 3.63) is 0 Å². The maximum absolute atomic E-state index is 11.0. The van der Waals surface area contributed by atoms with Gasteiger partial charge in [0, 0.05) is 26.6 Å². The Kier molecular flexibility index (Phi) is 24.0. The number of carbonyl (C=O) groups is 1. The van der Waals surface area contributed by atoms with Gasteiger partial charge in [0.2, 0.25) is 5.91 Å². The van der Waals surface area contributed by atoms with E-state index in [-0.39, 0.29) is 11.5 Å². The highest BCUT2D eigenvalue weighted by Gasteiger charge is 2.26. The Labute approximate surface area is 152 Å². The Bertz CT molecular complexity index is 256. The van der Waals surface area contributed by atoms with E-state index in [2.05, 4.69) is 24.1 Å². The second kappa shape index (κ2) is 20.4. The van der Waals surface area contributed by atoms with E-state index in [1.807, 2.05) is 41.5 Å². The van der Waals surface area contributed by atoms with Crippen molar-refractivity contribution in [2.24, 2.45) is 0 Å². The Morgan fingerprint density at radius 1 is 1.00 bits per heavy atom. The minimum atomic E-state index is 0.0114. The van der Waals surface area contributed by atoms with Crippen LogP contribution < -0.4 is 5.32 Å². The van der Waals surface area contributed by atoms with E-state index < -0.39 is 0 Å². The van der Waals surface area contributed by atoms with Crippen LogP contribution in [0, 0.1) is 0 Å². The first kappa shape index (κ1) is 28.2. The molecule has 1 amide bonds. The zero-order valence-electron chi connectivity index (χ0n) is 18.1. The van der Waals surface area contributed by atoms with Crippen molar-refractivity contribution in [1.29, 1.82) is 0 Å². The van der Waals surface area contributed by atoms with Gasteiger partial charge in [-0.25, -0.2) is 0 Å². The first-order valence-electron chi connectivity index (χ1n) is 10.1. The van der Waals surface area contributed by atoms with E-state index in [4.69, 9.17) is 4.74 Å². The molecule has 0 aromatic heterocycles. The summed E-state index contributed by atoms with van der Waals surface area (Å²) in [6.45, 7) is 20.4. The molecule has 1 aliphatic rings. The summed E-state index contributed by atoms with van der Waals surface area (Å²) in [5, 5.41) is 2.66. The van der Waals surface area contributed by atoms with Crippen LogP contribution in [0.2, 0.25) is 0 Å². The molecule has 0 spiro atoms. The summed E-state index contributed by atoms with van der Waals surface area (Å²) in [6, 6.07) is 0. The zero-order valence-corrected chi connectivity index (χ0v) is 18.1. The van der Waals surface area contributed by atoms with Crippen LogP contribution >= 0.6 is 0 Å². The Morgan fingerprint density at radius 3 is 2.04 bits per heavy atom. The first-order valence-corrected chi connectivity index (χ1v) is 10.1. The maximum Gasteiger partial charge on any atom is 0.219 e. The van der Waals surface area contributed by atoms with Crippen molar-refractivity contribution in [2.45, 2.75) is 93.1 Å². The SMILES string of the molecule is CC.CC.CC.CNC(=O)CCCCCCN1CCOC(C)(C)C1. The van der Waals surface area contributed by atoms with Gasteiger partial charge in [-0.05, 0) is 33.2 Å². The molecule has 24 heavy (non-hydrogen) atoms. The van der Waals surface area contributed by atoms with Gasteiger partial charge in [-0.3, -0.25) is 9.69 Å². The number of nitrogens with one attached hydrogen (secondary N) is 1. The molecular formula is C20H46N2O2. The fourth-order valence-corrected chi connectivity index (χ4v) is 2.40. The van der Waals surface area contributed by atoms with Gasteiger partial charge in [-0.1, -0.05) is 54.4 Å². The number of carbonyl (C=O) groups excluding carboxylic acids is 1. The van der Waals surface area contributed by atoms with Crippen molar-refractivity contribution in [3.8, 4) is 0 Å². The minimum absolute atomic E-state index is 0.0114. The molecule has 0 aromatic rings. The van der Waals surface area contributed by atoms with Crippen LogP contribution in [0.25, 0.3) is 0 Å². The number of hydrogen-bond donors (Lipinski definition) is 1. The predicted octanol–water partition coefficient (Wildman–Crippen LogP) is 4.87. The quantitative estimate of drug-likeness (QED) is 0.669. The van der Waals surface area contributed by atoms with Gasteiger partial charge in [0.15, 0.2) is 0 Å². The molecule has 4 nitrogen and oxygen atoms in total. The third kappa shape index (κ3) is 17.7. The van der Waals surface area contributed by atoms with E-state index in [1.54, 1.807) is 7.05 Å². The van der Waals surface area contributed by atoms with Crippen molar-refractivity contribution >= 4 is 5.91 Å². The lowest BCUT2D eigenvalue weighted by atomic mass is 10.1. The van der Waals surface area contributed by atoms with Crippen LogP contribution in [-0.4, -0.2) is 49.7 Å². The third-order valence-corrected chi connectivity index (χ3v) is 3.41. The Hall–Kier alpha value is -0.610. The Morgan fingerprint density at radius 2 is 1.54 bits per heavy atom. The van der Waals surface area contributed by atoms with Crippen LogP contribution in [-0.2, 0) is 9.53 Å². The molecule has 1 heterocycles. The van der Waals surface area contributed by atoms with Crippen molar-refractivity contribution in [1.82, 2.24) is 10.2 Å². The van der Waals surface area contributed by atoms with E-state index in [0.717, 1.165) is 39.1 Å². The molecule has 0 unspecified atom stereocenters. The highest BCUT2D eigenvalue weighted by atomic mass is 16.5. The molecule has 0 radical (unpaired) electrons. The average molecular weight is 347 g/mol. The highest BCUT2D eigenvalue weighted by Crippen LogP contribution is 2.17. The standard InChI is InChI=1S/C14H28N2O2.3C2H6/c1-14(2)12-16(10-11-18-14)9-7-5-4-6-8-13(17)15-3;3*1-2/h4-12H2,1-3H3,(H,15,17);3*1-2H3. The zero-order chi connectivity index (χ0) is 19.4. The van der Waals surface area contributed by atoms with Crippen LogP contribution in [0.1, 0.15) is 87.5 Å². The summed E-state index contributed by atoms with van der Waals surface area (Å²) in [5.74, 6) is 0.157. The number of unbranched alkanes of at least 4 members (excludes halogenated alkanes) is 3. The lowest BCUT2D eigenvalue weighted by Crippen LogP contribution is -2.48. The van der Waals surface area contributed by atoms with Crippen LogP contribution in [0.4, 0.5) is 0 Å². The molecule has 0 bridgehead atoms. The summed E-state index contributed by atoms with van der Waals surface area (Å²) in [5.41, 5.74) is 0.0114.